The molecule has 2 heteroatoms. The third-order valence-electron chi connectivity index (χ3n) is 3.33. The van der Waals surface area contributed by atoms with Crippen LogP contribution in [0.15, 0.2) is 54.6 Å². The Morgan fingerprint density at radius 2 is 1.70 bits per heavy atom. The van der Waals surface area contributed by atoms with Crippen LogP contribution in [0.4, 0.5) is 0 Å². The standard InChI is InChI=1S/C18H22NO/c1-15-9-7-8-12-17(15)18(20-14-13-19(2)3)16-10-5-4-6-11-16/h4-12,18H,2,13-14H2,1,3H3/q-1. The number of rotatable bonds is 6. The highest BCUT2D eigenvalue weighted by Crippen LogP contribution is 2.28. The summed E-state index contributed by atoms with van der Waals surface area (Å²) >= 11 is 0. The van der Waals surface area contributed by atoms with Crippen molar-refractivity contribution >= 4 is 0 Å². The number of hydrogen-bond acceptors (Lipinski definition) is 2. The van der Waals surface area contributed by atoms with Gasteiger partial charge in [0.1, 0.15) is 6.10 Å². The van der Waals surface area contributed by atoms with Crippen molar-refractivity contribution in [3.63, 3.8) is 0 Å². The SMILES string of the molecule is [CH2-]N(C)CCOC(c1ccccc1)c1ccccc1C. The maximum atomic E-state index is 6.12. The van der Waals surface area contributed by atoms with Crippen LogP contribution in [0.25, 0.3) is 0 Å². The molecule has 0 saturated heterocycles. The molecule has 0 bridgehead atoms. The quantitative estimate of drug-likeness (QED) is 0.738. The van der Waals surface area contributed by atoms with E-state index in [0.717, 1.165) is 6.54 Å². The molecule has 0 amide bonds. The first kappa shape index (κ1) is 14.8. The van der Waals surface area contributed by atoms with E-state index in [0.29, 0.717) is 6.61 Å². The lowest BCUT2D eigenvalue weighted by Gasteiger charge is -2.24. The number of aryl methyl sites for hydroxylation is 1. The Labute approximate surface area is 122 Å². The van der Waals surface area contributed by atoms with Crippen LogP contribution in [0.1, 0.15) is 22.8 Å². The summed E-state index contributed by atoms with van der Waals surface area (Å²) in [4.78, 5) is 1.89. The molecule has 1 atom stereocenters. The normalized spacial score (nSPS) is 12.6. The molecule has 0 aliphatic heterocycles. The molecule has 2 nitrogen and oxygen atoms in total. The van der Waals surface area contributed by atoms with Crippen LogP contribution < -0.4 is 0 Å². The predicted molar refractivity (Wildman–Crippen MR) is 83.4 cm³/mol. The molecular formula is C18H22NO-. The van der Waals surface area contributed by atoms with Crippen molar-refractivity contribution in [3.05, 3.63) is 78.3 Å². The van der Waals surface area contributed by atoms with Gasteiger partial charge in [-0.2, -0.15) is 0 Å². The fourth-order valence-electron chi connectivity index (χ4n) is 2.20. The highest BCUT2D eigenvalue weighted by Gasteiger charge is 2.16. The molecule has 0 aromatic heterocycles. The van der Waals surface area contributed by atoms with Crippen LogP contribution in [0, 0.1) is 14.0 Å². The monoisotopic (exact) mass is 268 g/mol. The van der Waals surface area contributed by atoms with Crippen LogP contribution in [0.3, 0.4) is 0 Å². The molecule has 0 heterocycles. The maximum absolute atomic E-state index is 6.12. The van der Waals surface area contributed by atoms with Crippen LogP contribution >= 0.6 is 0 Å². The van der Waals surface area contributed by atoms with E-state index in [2.05, 4.69) is 62.5 Å². The smallest absolute Gasteiger partial charge is 0.108 e. The van der Waals surface area contributed by atoms with Crippen molar-refractivity contribution in [2.75, 3.05) is 20.2 Å². The van der Waals surface area contributed by atoms with Gasteiger partial charge in [-0.1, -0.05) is 54.6 Å². The second kappa shape index (κ2) is 7.22. The summed E-state index contributed by atoms with van der Waals surface area (Å²) in [5, 5.41) is 0. The third kappa shape index (κ3) is 3.92. The first-order valence-corrected chi connectivity index (χ1v) is 6.92. The van der Waals surface area contributed by atoms with Crippen LogP contribution in [-0.2, 0) is 4.74 Å². The van der Waals surface area contributed by atoms with E-state index < -0.39 is 0 Å². The summed E-state index contributed by atoms with van der Waals surface area (Å²) in [6, 6.07) is 18.8. The average molecular weight is 268 g/mol. The Balaban J connectivity index is 2.23. The highest BCUT2D eigenvalue weighted by atomic mass is 16.5. The fourth-order valence-corrected chi connectivity index (χ4v) is 2.20. The lowest BCUT2D eigenvalue weighted by Crippen LogP contribution is -2.18. The Bertz CT molecular complexity index is 522. The van der Waals surface area contributed by atoms with E-state index in [1.807, 2.05) is 18.0 Å². The molecular weight excluding hydrogens is 246 g/mol. The summed E-state index contributed by atoms with van der Waals surface area (Å²) in [6.45, 7) is 3.60. The van der Waals surface area contributed by atoms with E-state index in [9.17, 15) is 0 Å². The molecule has 106 valence electrons. The summed E-state index contributed by atoms with van der Waals surface area (Å²) in [7, 11) is 5.80. The molecule has 1 unspecified atom stereocenters. The van der Waals surface area contributed by atoms with Crippen LogP contribution in [-0.4, -0.2) is 25.1 Å². The number of benzene rings is 2. The molecule has 0 aliphatic carbocycles. The molecule has 0 saturated carbocycles. The van der Waals surface area contributed by atoms with Crippen molar-refractivity contribution in [1.82, 2.24) is 4.90 Å². The number of nitrogens with zero attached hydrogens (tertiary/aromatic N) is 1. The van der Waals surface area contributed by atoms with E-state index in [1.165, 1.54) is 16.7 Å². The molecule has 0 fully saturated rings. The fraction of sp³-hybridized carbons (Fsp3) is 0.278. The van der Waals surface area contributed by atoms with Gasteiger partial charge in [0.25, 0.3) is 0 Å². The summed E-state index contributed by atoms with van der Waals surface area (Å²) in [5.74, 6) is 0. The van der Waals surface area contributed by atoms with Gasteiger partial charge in [-0.05, 0) is 37.2 Å². The number of hydrogen-bond donors (Lipinski definition) is 0. The average Bonchev–Trinajstić information content (AvgIpc) is 2.45. The number of likely N-dealkylation sites (N-methyl/N-ethyl adjacent to an activating group) is 1. The van der Waals surface area contributed by atoms with Gasteiger partial charge in [-0.25, -0.2) is 0 Å². The Kier molecular flexibility index (Phi) is 5.33. The second-order valence-corrected chi connectivity index (χ2v) is 5.10. The largest absolute Gasteiger partial charge is 0.460 e. The van der Waals surface area contributed by atoms with E-state index in [1.54, 1.807) is 0 Å². The maximum Gasteiger partial charge on any atom is 0.108 e. The molecule has 20 heavy (non-hydrogen) atoms. The lowest BCUT2D eigenvalue weighted by atomic mass is 9.97. The van der Waals surface area contributed by atoms with Gasteiger partial charge in [-0.15, -0.1) is 0 Å². The Morgan fingerprint density at radius 3 is 2.35 bits per heavy atom. The minimum atomic E-state index is -0.0163. The van der Waals surface area contributed by atoms with E-state index in [-0.39, 0.29) is 6.10 Å². The first-order valence-electron chi connectivity index (χ1n) is 6.92. The molecule has 0 radical (unpaired) electrons. The topological polar surface area (TPSA) is 12.5 Å². The third-order valence-corrected chi connectivity index (χ3v) is 3.33. The molecule has 2 rings (SSSR count). The Hall–Kier alpha value is -1.64. The van der Waals surface area contributed by atoms with Crippen molar-refractivity contribution in [2.24, 2.45) is 0 Å². The van der Waals surface area contributed by atoms with Crippen molar-refractivity contribution in [3.8, 4) is 0 Å². The van der Waals surface area contributed by atoms with Crippen molar-refractivity contribution in [2.45, 2.75) is 13.0 Å². The zero-order valence-corrected chi connectivity index (χ0v) is 12.3. The molecule has 0 spiro atoms. The van der Waals surface area contributed by atoms with Crippen molar-refractivity contribution < 1.29 is 4.74 Å². The molecule has 2 aromatic rings. The van der Waals surface area contributed by atoms with Crippen molar-refractivity contribution in [1.29, 1.82) is 0 Å². The van der Waals surface area contributed by atoms with Gasteiger partial charge in [0.15, 0.2) is 0 Å². The van der Waals surface area contributed by atoms with E-state index >= 15 is 0 Å². The minimum absolute atomic E-state index is 0.0163. The van der Waals surface area contributed by atoms with Gasteiger partial charge in [-0.3, -0.25) is 7.05 Å². The highest BCUT2D eigenvalue weighted by molar-refractivity contribution is 5.35. The summed E-state index contributed by atoms with van der Waals surface area (Å²) < 4.78 is 6.12. The van der Waals surface area contributed by atoms with Crippen LogP contribution in [0.5, 0.6) is 0 Å². The first-order chi connectivity index (χ1) is 9.68. The predicted octanol–water partition coefficient (Wildman–Crippen LogP) is 3.82. The van der Waals surface area contributed by atoms with Gasteiger partial charge in [0, 0.05) is 0 Å². The molecule has 2 aromatic carbocycles. The van der Waals surface area contributed by atoms with Gasteiger partial charge >= 0.3 is 0 Å². The zero-order chi connectivity index (χ0) is 14.4. The number of ether oxygens (including phenoxy) is 1. The molecule has 0 aliphatic rings. The Morgan fingerprint density at radius 1 is 1.05 bits per heavy atom. The summed E-state index contributed by atoms with van der Waals surface area (Å²) in [5.41, 5.74) is 3.67. The molecule has 0 N–H and O–H groups in total. The summed E-state index contributed by atoms with van der Waals surface area (Å²) in [6.07, 6.45) is -0.0163. The lowest BCUT2D eigenvalue weighted by molar-refractivity contribution is 0.0705. The van der Waals surface area contributed by atoms with Gasteiger partial charge in [0.05, 0.1) is 6.61 Å². The zero-order valence-electron chi connectivity index (χ0n) is 12.3. The van der Waals surface area contributed by atoms with Crippen LogP contribution in [0.2, 0.25) is 0 Å². The second-order valence-electron chi connectivity index (χ2n) is 5.10. The minimum Gasteiger partial charge on any atom is -0.460 e. The van der Waals surface area contributed by atoms with Gasteiger partial charge < -0.3 is 9.64 Å². The van der Waals surface area contributed by atoms with Gasteiger partial charge in [0.2, 0.25) is 0 Å². The van der Waals surface area contributed by atoms with E-state index in [4.69, 9.17) is 4.74 Å².